The molecule has 0 atom stereocenters. The summed E-state index contributed by atoms with van der Waals surface area (Å²) in [6.45, 7) is 6.67. The van der Waals surface area contributed by atoms with Crippen LogP contribution in [0.25, 0.3) is 0 Å². The quantitative estimate of drug-likeness (QED) is 0.897. The number of halogens is 1. The minimum absolute atomic E-state index is 0. The van der Waals surface area contributed by atoms with E-state index in [4.69, 9.17) is 4.42 Å². The zero-order chi connectivity index (χ0) is 14.7. The van der Waals surface area contributed by atoms with Gasteiger partial charge in [0.2, 0.25) is 5.91 Å². The summed E-state index contributed by atoms with van der Waals surface area (Å²) >= 11 is 0. The lowest BCUT2D eigenvalue weighted by Crippen LogP contribution is -2.49. The lowest BCUT2D eigenvalue weighted by atomic mass is 10.2. The molecule has 0 unspecified atom stereocenters. The second-order valence-electron chi connectivity index (χ2n) is 5.12. The minimum atomic E-state index is -0.178. The maximum Gasteiger partial charge on any atom is 0.257 e. The number of aryl methyl sites for hydroxylation is 2. The molecule has 2 amide bonds. The lowest BCUT2D eigenvalue weighted by molar-refractivity contribution is -0.132. The van der Waals surface area contributed by atoms with Crippen molar-refractivity contribution in [2.45, 2.75) is 13.8 Å². The van der Waals surface area contributed by atoms with E-state index >= 15 is 0 Å². The number of hydrogen-bond acceptors (Lipinski definition) is 4. The zero-order valence-corrected chi connectivity index (χ0v) is 13.5. The second-order valence-corrected chi connectivity index (χ2v) is 5.12. The van der Waals surface area contributed by atoms with Gasteiger partial charge in [-0.1, -0.05) is 0 Å². The van der Waals surface area contributed by atoms with Gasteiger partial charge in [0.25, 0.3) is 5.91 Å². The Morgan fingerprint density at radius 3 is 2.48 bits per heavy atom. The van der Waals surface area contributed by atoms with Crippen molar-refractivity contribution in [3.63, 3.8) is 0 Å². The number of carbonyl (C=O) groups excluding carboxylic acids is 2. The van der Waals surface area contributed by atoms with Gasteiger partial charge in [-0.2, -0.15) is 0 Å². The molecule has 2 rings (SSSR count). The summed E-state index contributed by atoms with van der Waals surface area (Å²) in [4.78, 5) is 27.6. The summed E-state index contributed by atoms with van der Waals surface area (Å²) in [5, 5.41) is 3.19. The highest BCUT2D eigenvalue weighted by Crippen LogP contribution is 2.15. The van der Waals surface area contributed by atoms with Gasteiger partial charge in [0.1, 0.15) is 11.5 Å². The van der Waals surface area contributed by atoms with Crippen molar-refractivity contribution in [3.8, 4) is 0 Å². The fourth-order valence-corrected chi connectivity index (χ4v) is 2.34. The Balaban J connectivity index is 0.00000220. The van der Waals surface area contributed by atoms with E-state index in [1.54, 1.807) is 31.9 Å². The predicted octanol–water partition coefficient (Wildman–Crippen LogP) is 0.822. The molecule has 1 fully saturated rings. The third-order valence-electron chi connectivity index (χ3n) is 3.46. The molecule has 118 valence electrons. The standard InChI is InChI=1S/C14H21N3O3.ClH/c1-10-8-12(11(2)20-10)14(19)16(3)9-13(18)17-6-4-15-5-7-17;/h8,15H,4-7,9H2,1-3H3;1H. The zero-order valence-electron chi connectivity index (χ0n) is 12.6. The molecule has 1 aromatic heterocycles. The van der Waals surface area contributed by atoms with E-state index in [2.05, 4.69) is 5.32 Å². The Kier molecular flexibility index (Phi) is 6.23. The smallest absolute Gasteiger partial charge is 0.257 e. The lowest BCUT2D eigenvalue weighted by Gasteiger charge is -2.29. The molecule has 0 aliphatic carbocycles. The van der Waals surface area contributed by atoms with Crippen LogP contribution in [0.2, 0.25) is 0 Å². The molecule has 1 N–H and O–H groups in total. The average Bonchev–Trinajstić information content (AvgIpc) is 2.77. The molecule has 2 heterocycles. The highest BCUT2D eigenvalue weighted by atomic mass is 35.5. The fraction of sp³-hybridized carbons (Fsp3) is 0.571. The number of likely N-dealkylation sites (N-methyl/N-ethyl adjacent to an activating group) is 1. The summed E-state index contributed by atoms with van der Waals surface area (Å²) < 4.78 is 5.36. The van der Waals surface area contributed by atoms with Gasteiger partial charge in [-0.25, -0.2) is 0 Å². The van der Waals surface area contributed by atoms with Crippen LogP contribution in [-0.2, 0) is 4.79 Å². The third-order valence-corrected chi connectivity index (χ3v) is 3.46. The van der Waals surface area contributed by atoms with Gasteiger partial charge in [0.15, 0.2) is 0 Å². The van der Waals surface area contributed by atoms with Gasteiger partial charge in [-0.15, -0.1) is 12.4 Å². The number of amides is 2. The number of nitrogens with one attached hydrogen (secondary N) is 1. The molecule has 0 saturated carbocycles. The summed E-state index contributed by atoms with van der Waals surface area (Å²) in [7, 11) is 1.64. The van der Waals surface area contributed by atoms with E-state index in [1.165, 1.54) is 4.90 Å². The Bertz CT molecular complexity index is 510. The van der Waals surface area contributed by atoms with Crippen molar-refractivity contribution in [1.82, 2.24) is 15.1 Å². The molecule has 0 spiro atoms. The molecule has 1 aromatic rings. The fourth-order valence-electron chi connectivity index (χ4n) is 2.34. The average molecular weight is 316 g/mol. The van der Waals surface area contributed by atoms with Crippen LogP contribution in [0.1, 0.15) is 21.9 Å². The van der Waals surface area contributed by atoms with Crippen molar-refractivity contribution in [2.75, 3.05) is 39.8 Å². The number of hydrogen-bond donors (Lipinski definition) is 1. The topological polar surface area (TPSA) is 65.8 Å². The highest BCUT2D eigenvalue weighted by Gasteiger charge is 2.22. The Morgan fingerprint density at radius 2 is 1.95 bits per heavy atom. The first kappa shape index (κ1) is 17.5. The van der Waals surface area contributed by atoms with Crippen LogP contribution < -0.4 is 5.32 Å². The van der Waals surface area contributed by atoms with Gasteiger partial charge in [-0.3, -0.25) is 9.59 Å². The van der Waals surface area contributed by atoms with Gasteiger partial charge in [-0.05, 0) is 19.9 Å². The highest BCUT2D eigenvalue weighted by molar-refractivity contribution is 5.97. The second kappa shape index (κ2) is 7.47. The molecule has 0 bridgehead atoms. The number of piperazine rings is 1. The van der Waals surface area contributed by atoms with Crippen LogP contribution in [0, 0.1) is 13.8 Å². The van der Waals surface area contributed by atoms with Gasteiger partial charge in [0.05, 0.1) is 12.1 Å². The van der Waals surface area contributed by atoms with E-state index < -0.39 is 0 Å². The SMILES string of the molecule is Cc1cc(C(=O)N(C)CC(=O)N2CCNCC2)c(C)o1.Cl. The van der Waals surface area contributed by atoms with Crippen LogP contribution in [0.15, 0.2) is 10.5 Å². The number of furan rings is 1. The molecular weight excluding hydrogens is 294 g/mol. The van der Waals surface area contributed by atoms with Crippen LogP contribution in [-0.4, -0.2) is 61.4 Å². The van der Waals surface area contributed by atoms with Crippen LogP contribution in [0.3, 0.4) is 0 Å². The van der Waals surface area contributed by atoms with Gasteiger partial charge in [0, 0.05) is 33.2 Å². The molecule has 1 aliphatic heterocycles. The normalized spacial score (nSPS) is 14.5. The van der Waals surface area contributed by atoms with Crippen LogP contribution in [0.4, 0.5) is 0 Å². The molecule has 21 heavy (non-hydrogen) atoms. The van der Waals surface area contributed by atoms with E-state index in [0.717, 1.165) is 13.1 Å². The molecule has 6 nitrogen and oxygen atoms in total. The molecule has 0 radical (unpaired) electrons. The Hall–Kier alpha value is -1.53. The van der Waals surface area contributed by atoms with Crippen molar-refractivity contribution >= 4 is 24.2 Å². The summed E-state index contributed by atoms with van der Waals surface area (Å²) in [5.74, 6) is 1.10. The largest absolute Gasteiger partial charge is 0.466 e. The number of nitrogens with zero attached hydrogens (tertiary/aromatic N) is 2. The molecule has 1 aliphatic rings. The minimum Gasteiger partial charge on any atom is -0.466 e. The van der Waals surface area contributed by atoms with Crippen molar-refractivity contribution in [2.24, 2.45) is 0 Å². The maximum absolute atomic E-state index is 12.3. The van der Waals surface area contributed by atoms with E-state index in [9.17, 15) is 9.59 Å². The van der Waals surface area contributed by atoms with Crippen LogP contribution in [0.5, 0.6) is 0 Å². The van der Waals surface area contributed by atoms with E-state index in [1.807, 2.05) is 0 Å². The van der Waals surface area contributed by atoms with E-state index in [-0.39, 0.29) is 30.8 Å². The molecule has 7 heteroatoms. The summed E-state index contributed by atoms with van der Waals surface area (Å²) in [5.41, 5.74) is 0.526. The first-order chi connectivity index (χ1) is 9.49. The van der Waals surface area contributed by atoms with Gasteiger partial charge < -0.3 is 19.5 Å². The monoisotopic (exact) mass is 315 g/mol. The third kappa shape index (κ3) is 4.22. The molecular formula is C14H22ClN3O3. The molecule has 1 saturated heterocycles. The van der Waals surface area contributed by atoms with E-state index in [0.29, 0.717) is 30.2 Å². The number of rotatable bonds is 3. The van der Waals surface area contributed by atoms with Crippen molar-refractivity contribution in [3.05, 3.63) is 23.2 Å². The first-order valence-electron chi connectivity index (χ1n) is 6.80. The van der Waals surface area contributed by atoms with Gasteiger partial charge >= 0.3 is 0 Å². The Morgan fingerprint density at radius 1 is 1.33 bits per heavy atom. The van der Waals surface area contributed by atoms with Crippen molar-refractivity contribution < 1.29 is 14.0 Å². The summed E-state index contributed by atoms with van der Waals surface area (Å²) in [6.07, 6.45) is 0. The predicted molar refractivity (Wildman–Crippen MR) is 81.8 cm³/mol. The number of carbonyl (C=O) groups is 2. The maximum atomic E-state index is 12.3. The van der Waals surface area contributed by atoms with Crippen LogP contribution >= 0.6 is 12.4 Å². The first-order valence-corrected chi connectivity index (χ1v) is 6.80. The summed E-state index contributed by atoms with van der Waals surface area (Å²) in [6, 6.07) is 1.71. The van der Waals surface area contributed by atoms with Crippen molar-refractivity contribution in [1.29, 1.82) is 0 Å². The Labute approximate surface area is 130 Å². The molecule has 0 aromatic carbocycles.